The van der Waals surface area contributed by atoms with Crippen molar-refractivity contribution in [1.29, 1.82) is 0 Å². The fraction of sp³-hybridized carbons (Fsp3) is 0.538. The molecule has 0 aliphatic rings. The zero-order valence-electron chi connectivity index (χ0n) is 12.1. The Morgan fingerprint density at radius 2 is 1.85 bits per heavy atom. The molecule has 0 saturated heterocycles. The molecule has 0 aliphatic carbocycles. The molecular formula is C13H22ClN3O2S. The van der Waals surface area contributed by atoms with Gasteiger partial charge in [-0.1, -0.05) is 18.5 Å². The number of halogens is 1. The maximum absolute atomic E-state index is 12.7. The number of likely N-dealkylation sites (N-methyl/N-ethyl adjacent to an activating group) is 1. The van der Waals surface area contributed by atoms with Crippen LogP contribution in [0.3, 0.4) is 0 Å². The summed E-state index contributed by atoms with van der Waals surface area (Å²) in [5, 5.41) is 0.199. The zero-order chi connectivity index (χ0) is 15.3. The lowest BCUT2D eigenvalue weighted by Gasteiger charge is -2.24. The molecule has 1 aromatic rings. The first-order chi connectivity index (χ1) is 9.28. The first-order valence-electron chi connectivity index (χ1n) is 6.49. The van der Waals surface area contributed by atoms with E-state index in [-0.39, 0.29) is 9.92 Å². The van der Waals surface area contributed by atoms with Gasteiger partial charge >= 0.3 is 0 Å². The summed E-state index contributed by atoms with van der Waals surface area (Å²) in [6, 6.07) is 4.52. The minimum absolute atomic E-state index is 0.0753. The first kappa shape index (κ1) is 17.2. The van der Waals surface area contributed by atoms with E-state index in [1.165, 1.54) is 16.4 Å². The highest BCUT2D eigenvalue weighted by atomic mass is 35.5. The van der Waals surface area contributed by atoms with E-state index in [1.807, 2.05) is 25.9 Å². The first-order valence-corrected chi connectivity index (χ1v) is 8.30. The van der Waals surface area contributed by atoms with Crippen molar-refractivity contribution in [3.8, 4) is 0 Å². The largest absolute Gasteiger partial charge is 0.399 e. The minimum Gasteiger partial charge on any atom is -0.399 e. The van der Waals surface area contributed by atoms with Gasteiger partial charge in [-0.25, -0.2) is 8.42 Å². The van der Waals surface area contributed by atoms with Gasteiger partial charge in [0.2, 0.25) is 10.0 Å². The molecule has 2 N–H and O–H groups in total. The standard InChI is InChI=1S/C13H22ClN3O2S/c1-4-7-17(9-8-16(2)3)20(18,19)13-10-11(15)5-6-12(13)14/h5-6,10H,4,7-9,15H2,1-3H3. The molecule has 0 fully saturated rings. The van der Waals surface area contributed by atoms with Crippen LogP contribution in [0, 0.1) is 0 Å². The van der Waals surface area contributed by atoms with E-state index >= 15 is 0 Å². The molecule has 0 saturated carbocycles. The number of sulfonamides is 1. The summed E-state index contributed by atoms with van der Waals surface area (Å²) >= 11 is 6.02. The molecule has 1 rings (SSSR count). The van der Waals surface area contributed by atoms with Crippen LogP contribution in [0.25, 0.3) is 0 Å². The topological polar surface area (TPSA) is 66.6 Å². The molecule has 0 atom stereocenters. The van der Waals surface area contributed by atoms with Crippen LogP contribution in [0.15, 0.2) is 23.1 Å². The van der Waals surface area contributed by atoms with Crippen molar-refractivity contribution in [2.24, 2.45) is 0 Å². The van der Waals surface area contributed by atoms with Gasteiger partial charge in [-0.05, 0) is 38.7 Å². The van der Waals surface area contributed by atoms with Crippen LogP contribution in [-0.4, -0.2) is 51.4 Å². The molecule has 0 spiro atoms. The normalized spacial score (nSPS) is 12.3. The molecule has 0 aromatic heterocycles. The Bertz CT molecular complexity index is 547. The van der Waals surface area contributed by atoms with Crippen LogP contribution in [0.2, 0.25) is 5.02 Å². The molecular weight excluding hydrogens is 298 g/mol. The van der Waals surface area contributed by atoms with Crippen LogP contribution < -0.4 is 5.73 Å². The Morgan fingerprint density at radius 3 is 2.40 bits per heavy atom. The van der Waals surface area contributed by atoms with Gasteiger partial charge in [-0.3, -0.25) is 0 Å². The quantitative estimate of drug-likeness (QED) is 0.779. The summed E-state index contributed by atoms with van der Waals surface area (Å²) in [6.07, 6.45) is 0.743. The fourth-order valence-electron chi connectivity index (χ4n) is 1.77. The van der Waals surface area contributed by atoms with Crippen molar-refractivity contribution in [1.82, 2.24) is 9.21 Å². The van der Waals surface area contributed by atoms with Crippen molar-refractivity contribution in [2.75, 3.05) is 39.5 Å². The van der Waals surface area contributed by atoms with Gasteiger partial charge < -0.3 is 10.6 Å². The van der Waals surface area contributed by atoms with Gasteiger partial charge in [0.05, 0.1) is 5.02 Å². The highest BCUT2D eigenvalue weighted by Crippen LogP contribution is 2.26. The number of nitrogens with zero attached hydrogens (tertiary/aromatic N) is 2. The van der Waals surface area contributed by atoms with E-state index in [0.29, 0.717) is 25.3 Å². The summed E-state index contributed by atoms with van der Waals surface area (Å²) in [6.45, 7) is 3.48. The predicted octanol–water partition coefficient (Wildman–Crippen LogP) is 1.88. The molecule has 114 valence electrons. The zero-order valence-corrected chi connectivity index (χ0v) is 13.7. The van der Waals surface area contributed by atoms with E-state index in [2.05, 4.69) is 0 Å². The molecule has 0 amide bonds. The van der Waals surface area contributed by atoms with Crippen molar-refractivity contribution in [2.45, 2.75) is 18.2 Å². The molecule has 20 heavy (non-hydrogen) atoms. The van der Waals surface area contributed by atoms with Gasteiger partial charge in [-0.15, -0.1) is 0 Å². The number of nitrogen functional groups attached to an aromatic ring is 1. The third-order valence-electron chi connectivity index (χ3n) is 2.84. The van der Waals surface area contributed by atoms with Crippen molar-refractivity contribution >= 4 is 27.3 Å². The summed E-state index contributed by atoms with van der Waals surface area (Å²) < 4.78 is 26.8. The molecule has 5 nitrogen and oxygen atoms in total. The van der Waals surface area contributed by atoms with Crippen molar-refractivity contribution in [3.05, 3.63) is 23.2 Å². The van der Waals surface area contributed by atoms with Gasteiger partial charge in [-0.2, -0.15) is 4.31 Å². The van der Waals surface area contributed by atoms with Gasteiger partial charge in [0.25, 0.3) is 0 Å². The van der Waals surface area contributed by atoms with Crippen LogP contribution in [-0.2, 0) is 10.0 Å². The Hall–Kier alpha value is -0.820. The average Bonchev–Trinajstić information content (AvgIpc) is 2.36. The lowest BCUT2D eigenvalue weighted by atomic mass is 10.3. The Kier molecular flexibility index (Phi) is 6.26. The number of hydrogen-bond acceptors (Lipinski definition) is 4. The van der Waals surface area contributed by atoms with E-state index in [1.54, 1.807) is 6.07 Å². The molecule has 7 heteroatoms. The number of rotatable bonds is 7. The second-order valence-electron chi connectivity index (χ2n) is 4.90. The number of hydrogen-bond donors (Lipinski definition) is 1. The fourth-order valence-corrected chi connectivity index (χ4v) is 3.80. The van der Waals surface area contributed by atoms with Crippen molar-refractivity contribution < 1.29 is 8.42 Å². The Labute approximate surface area is 126 Å². The summed E-state index contributed by atoms with van der Waals surface area (Å²) in [5.74, 6) is 0. The van der Waals surface area contributed by atoms with Crippen molar-refractivity contribution in [3.63, 3.8) is 0 Å². The average molecular weight is 320 g/mol. The van der Waals surface area contributed by atoms with E-state index in [9.17, 15) is 8.42 Å². The monoisotopic (exact) mass is 319 g/mol. The van der Waals surface area contributed by atoms with Crippen LogP contribution in [0.4, 0.5) is 5.69 Å². The summed E-state index contributed by atoms with van der Waals surface area (Å²) in [4.78, 5) is 2.02. The number of anilines is 1. The SMILES string of the molecule is CCCN(CCN(C)C)S(=O)(=O)c1cc(N)ccc1Cl. The van der Waals surface area contributed by atoms with Crippen LogP contribution >= 0.6 is 11.6 Å². The number of nitrogens with two attached hydrogens (primary N) is 1. The molecule has 0 radical (unpaired) electrons. The minimum atomic E-state index is -3.62. The second kappa shape index (κ2) is 7.26. The van der Waals surface area contributed by atoms with Crippen LogP contribution in [0.5, 0.6) is 0 Å². The maximum Gasteiger partial charge on any atom is 0.244 e. The lowest BCUT2D eigenvalue weighted by Crippen LogP contribution is -2.37. The molecule has 0 bridgehead atoms. The van der Waals surface area contributed by atoms with E-state index < -0.39 is 10.0 Å². The Morgan fingerprint density at radius 1 is 1.20 bits per heavy atom. The maximum atomic E-state index is 12.7. The molecule has 0 unspecified atom stereocenters. The number of benzene rings is 1. The third kappa shape index (κ3) is 4.34. The van der Waals surface area contributed by atoms with Gasteiger partial charge in [0.15, 0.2) is 0 Å². The molecule has 0 aliphatic heterocycles. The second-order valence-corrected chi connectivity index (χ2v) is 7.21. The van der Waals surface area contributed by atoms with Gasteiger partial charge in [0, 0.05) is 25.3 Å². The molecule has 1 aromatic carbocycles. The van der Waals surface area contributed by atoms with E-state index in [0.717, 1.165) is 6.42 Å². The molecule has 0 heterocycles. The summed E-state index contributed by atoms with van der Waals surface area (Å²) in [5.41, 5.74) is 6.06. The van der Waals surface area contributed by atoms with Gasteiger partial charge in [0.1, 0.15) is 4.90 Å². The predicted molar refractivity (Wildman–Crippen MR) is 83.5 cm³/mol. The highest BCUT2D eigenvalue weighted by molar-refractivity contribution is 7.89. The highest BCUT2D eigenvalue weighted by Gasteiger charge is 2.26. The van der Waals surface area contributed by atoms with Crippen LogP contribution in [0.1, 0.15) is 13.3 Å². The lowest BCUT2D eigenvalue weighted by molar-refractivity contribution is 0.333. The Balaban J connectivity index is 3.12. The summed E-state index contributed by atoms with van der Waals surface area (Å²) in [7, 11) is 0.197. The smallest absolute Gasteiger partial charge is 0.244 e. The third-order valence-corrected chi connectivity index (χ3v) is 5.22. The van der Waals surface area contributed by atoms with E-state index in [4.69, 9.17) is 17.3 Å².